The fourth-order valence-electron chi connectivity index (χ4n) is 2.14. The third-order valence-electron chi connectivity index (χ3n) is 3.18. The average Bonchev–Trinajstić information content (AvgIpc) is 3.15. The topological polar surface area (TPSA) is 91.0 Å². The Kier molecular flexibility index (Phi) is 2.55. The summed E-state index contributed by atoms with van der Waals surface area (Å²) in [5.74, 6) is 1.73. The van der Waals surface area contributed by atoms with Gasteiger partial charge in [-0.25, -0.2) is 4.98 Å². The number of furan rings is 1. The zero-order valence-corrected chi connectivity index (χ0v) is 11.8. The summed E-state index contributed by atoms with van der Waals surface area (Å²) in [7, 11) is 0. The summed E-state index contributed by atoms with van der Waals surface area (Å²) in [5.41, 5.74) is 8.24. The van der Waals surface area contributed by atoms with Crippen molar-refractivity contribution in [1.82, 2.24) is 15.1 Å². The lowest BCUT2D eigenvalue weighted by molar-refractivity contribution is 0.432. The average molecular weight is 298 g/mol. The molecule has 0 unspecified atom stereocenters. The number of hydrogen-bond acceptors (Lipinski definition) is 7. The molecule has 6 nitrogen and oxygen atoms in total. The summed E-state index contributed by atoms with van der Waals surface area (Å²) in [5, 5.41) is 4.54. The van der Waals surface area contributed by atoms with E-state index >= 15 is 0 Å². The highest BCUT2D eigenvalue weighted by Crippen LogP contribution is 2.30. The van der Waals surface area contributed by atoms with Crippen LogP contribution in [0.25, 0.3) is 33.1 Å². The van der Waals surface area contributed by atoms with Crippen LogP contribution in [0, 0.1) is 6.92 Å². The molecule has 4 rings (SSSR count). The van der Waals surface area contributed by atoms with E-state index in [9.17, 15) is 0 Å². The van der Waals surface area contributed by atoms with E-state index in [-0.39, 0.29) is 0 Å². The van der Waals surface area contributed by atoms with Gasteiger partial charge in [0.1, 0.15) is 5.76 Å². The first kappa shape index (κ1) is 12.1. The van der Waals surface area contributed by atoms with Crippen molar-refractivity contribution in [2.45, 2.75) is 6.92 Å². The molecule has 0 amide bonds. The summed E-state index contributed by atoms with van der Waals surface area (Å²) in [6.45, 7) is 1.86. The number of rotatable bonds is 2. The predicted octanol–water partition coefficient (Wildman–Crippen LogP) is 3.50. The molecule has 21 heavy (non-hydrogen) atoms. The van der Waals surface area contributed by atoms with E-state index in [1.54, 1.807) is 6.26 Å². The highest BCUT2D eigenvalue weighted by Gasteiger charge is 2.14. The Morgan fingerprint density at radius 3 is 2.90 bits per heavy atom. The maximum absolute atomic E-state index is 5.71. The van der Waals surface area contributed by atoms with Gasteiger partial charge in [-0.1, -0.05) is 16.5 Å². The largest absolute Gasteiger partial charge is 0.469 e. The van der Waals surface area contributed by atoms with Crippen molar-refractivity contribution >= 4 is 26.7 Å². The van der Waals surface area contributed by atoms with Crippen molar-refractivity contribution in [3.63, 3.8) is 0 Å². The molecular weight excluding hydrogens is 288 g/mol. The standard InChI is InChI=1S/C14H10N4O2S/c1-7-9(4-5-19-7)12-17-13(20-18-12)8-2-3-10-11(6-8)21-14(15)16-10/h2-6H,1H3,(H2,15,16). The number of nitrogen functional groups attached to an aromatic ring is 1. The fourth-order valence-corrected chi connectivity index (χ4v) is 2.92. The first-order valence-electron chi connectivity index (χ1n) is 6.25. The number of nitrogens with zero attached hydrogens (tertiary/aromatic N) is 3. The predicted molar refractivity (Wildman–Crippen MR) is 79.8 cm³/mol. The van der Waals surface area contributed by atoms with Crippen LogP contribution in [-0.4, -0.2) is 15.1 Å². The SMILES string of the molecule is Cc1occc1-c1noc(-c2ccc3nc(N)sc3c2)n1. The van der Waals surface area contributed by atoms with E-state index in [1.807, 2.05) is 31.2 Å². The number of fused-ring (bicyclic) bond motifs is 1. The van der Waals surface area contributed by atoms with Crippen LogP contribution in [0.4, 0.5) is 5.13 Å². The maximum Gasteiger partial charge on any atom is 0.258 e. The van der Waals surface area contributed by atoms with Gasteiger partial charge in [0.2, 0.25) is 5.82 Å². The van der Waals surface area contributed by atoms with E-state index in [1.165, 1.54) is 11.3 Å². The van der Waals surface area contributed by atoms with Crippen molar-refractivity contribution < 1.29 is 8.94 Å². The van der Waals surface area contributed by atoms with Crippen LogP contribution < -0.4 is 5.73 Å². The number of anilines is 1. The van der Waals surface area contributed by atoms with Crippen LogP contribution in [0.5, 0.6) is 0 Å². The minimum absolute atomic E-state index is 0.458. The molecule has 0 saturated carbocycles. The quantitative estimate of drug-likeness (QED) is 0.609. The van der Waals surface area contributed by atoms with E-state index in [4.69, 9.17) is 14.7 Å². The summed E-state index contributed by atoms with van der Waals surface area (Å²) < 4.78 is 11.6. The Labute approximate surface area is 123 Å². The van der Waals surface area contributed by atoms with E-state index in [2.05, 4.69) is 15.1 Å². The highest BCUT2D eigenvalue weighted by atomic mass is 32.1. The second-order valence-electron chi connectivity index (χ2n) is 4.55. The monoisotopic (exact) mass is 298 g/mol. The Morgan fingerprint density at radius 1 is 1.19 bits per heavy atom. The van der Waals surface area contributed by atoms with Gasteiger partial charge in [-0.3, -0.25) is 0 Å². The molecule has 0 aliphatic rings. The van der Waals surface area contributed by atoms with Gasteiger partial charge in [0.15, 0.2) is 5.13 Å². The Balaban J connectivity index is 1.78. The summed E-state index contributed by atoms with van der Waals surface area (Å²) >= 11 is 1.43. The number of benzene rings is 1. The summed E-state index contributed by atoms with van der Waals surface area (Å²) in [6.07, 6.45) is 1.60. The third-order valence-corrected chi connectivity index (χ3v) is 4.03. The van der Waals surface area contributed by atoms with E-state index < -0.39 is 0 Å². The molecule has 0 bridgehead atoms. The second kappa shape index (κ2) is 4.42. The third kappa shape index (κ3) is 1.98. The molecule has 4 aromatic rings. The first-order valence-corrected chi connectivity index (χ1v) is 7.07. The Hall–Kier alpha value is -2.67. The van der Waals surface area contributed by atoms with Gasteiger partial charge < -0.3 is 14.7 Å². The fraction of sp³-hybridized carbons (Fsp3) is 0.0714. The molecule has 3 aromatic heterocycles. The minimum atomic E-state index is 0.458. The normalized spacial score (nSPS) is 11.3. The molecule has 0 saturated heterocycles. The number of thiazole rings is 1. The number of aryl methyl sites for hydroxylation is 1. The molecule has 0 spiro atoms. The molecule has 0 radical (unpaired) electrons. The van der Waals surface area contributed by atoms with Gasteiger partial charge >= 0.3 is 0 Å². The van der Waals surface area contributed by atoms with Gasteiger partial charge in [-0.2, -0.15) is 4.98 Å². The lowest BCUT2D eigenvalue weighted by Gasteiger charge is -1.93. The molecule has 0 fully saturated rings. The smallest absolute Gasteiger partial charge is 0.258 e. The first-order chi connectivity index (χ1) is 10.2. The van der Waals surface area contributed by atoms with Crippen LogP contribution in [0.2, 0.25) is 0 Å². The van der Waals surface area contributed by atoms with Crippen molar-refractivity contribution in [3.8, 4) is 22.8 Å². The van der Waals surface area contributed by atoms with Crippen molar-refractivity contribution in [2.24, 2.45) is 0 Å². The molecule has 104 valence electrons. The van der Waals surface area contributed by atoms with Gasteiger partial charge in [0.05, 0.1) is 22.0 Å². The lowest BCUT2D eigenvalue weighted by Crippen LogP contribution is -1.81. The zero-order valence-electron chi connectivity index (χ0n) is 11.0. The van der Waals surface area contributed by atoms with Crippen molar-refractivity contribution in [1.29, 1.82) is 0 Å². The van der Waals surface area contributed by atoms with E-state index in [0.29, 0.717) is 16.8 Å². The Bertz CT molecular complexity index is 937. The van der Waals surface area contributed by atoms with Crippen LogP contribution in [0.15, 0.2) is 39.5 Å². The van der Waals surface area contributed by atoms with Gasteiger partial charge in [-0.05, 0) is 31.2 Å². The van der Waals surface area contributed by atoms with Gasteiger partial charge in [0, 0.05) is 5.56 Å². The number of aromatic nitrogens is 3. The highest BCUT2D eigenvalue weighted by molar-refractivity contribution is 7.22. The van der Waals surface area contributed by atoms with Crippen LogP contribution >= 0.6 is 11.3 Å². The second-order valence-corrected chi connectivity index (χ2v) is 5.61. The summed E-state index contributed by atoms with van der Waals surface area (Å²) in [4.78, 5) is 8.64. The van der Waals surface area contributed by atoms with E-state index in [0.717, 1.165) is 27.1 Å². The lowest BCUT2D eigenvalue weighted by atomic mass is 10.2. The molecule has 0 aliphatic carbocycles. The minimum Gasteiger partial charge on any atom is -0.469 e. The molecule has 0 atom stereocenters. The summed E-state index contributed by atoms with van der Waals surface area (Å²) in [6, 6.07) is 7.55. The molecule has 1 aromatic carbocycles. The van der Waals surface area contributed by atoms with Gasteiger partial charge in [-0.15, -0.1) is 0 Å². The molecular formula is C14H10N4O2S. The van der Waals surface area contributed by atoms with Crippen LogP contribution in [-0.2, 0) is 0 Å². The number of nitrogens with two attached hydrogens (primary N) is 1. The molecule has 7 heteroatoms. The van der Waals surface area contributed by atoms with Crippen LogP contribution in [0.1, 0.15) is 5.76 Å². The molecule has 3 heterocycles. The zero-order chi connectivity index (χ0) is 14.4. The maximum atomic E-state index is 5.71. The number of hydrogen-bond donors (Lipinski definition) is 1. The molecule has 2 N–H and O–H groups in total. The van der Waals surface area contributed by atoms with Gasteiger partial charge in [0.25, 0.3) is 5.89 Å². The van der Waals surface area contributed by atoms with Crippen molar-refractivity contribution in [2.75, 3.05) is 5.73 Å². The Morgan fingerprint density at radius 2 is 2.10 bits per heavy atom. The van der Waals surface area contributed by atoms with Crippen LogP contribution in [0.3, 0.4) is 0 Å². The molecule has 0 aliphatic heterocycles. The van der Waals surface area contributed by atoms with Crippen molar-refractivity contribution in [3.05, 3.63) is 36.3 Å².